The van der Waals surface area contributed by atoms with E-state index in [1.807, 2.05) is 6.92 Å². The van der Waals surface area contributed by atoms with Crippen molar-refractivity contribution in [3.63, 3.8) is 0 Å². The molecule has 0 radical (unpaired) electrons. The van der Waals surface area contributed by atoms with Gasteiger partial charge in [-0.05, 0) is 18.6 Å². The average Bonchev–Trinajstić information content (AvgIpc) is 2.39. The summed E-state index contributed by atoms with van der Waals surface area (Å²) < 4.78 is 5.22. The van der Waals surface area contributed by atoms with E-state index < -0.39 is 17.9 Å². The van der Waals surface area contributed by atoms with E-state index in [0.29, 0.717) is 22.9 Å². The molecule has 0 saturated carbocycles. The van der Waals surface area contributed by atoms with Crippen LogP contribution in [0.25, 0.3) is 0 Å². The smallest absolute Gasteiger partial charge is 0.326 e. The van der Waals surface area contributed by atoms with Crippen LogP contribution >= 0.6 is 23.2 Å². The highest BCUT2D eigenvalue weighted by atomic mass is 35.5. The summed E-state index contributed by atoms with van der Waals surface area (Å²) in [6.45, 7) is 1.51. The Morgan fingerprint density at radius 1 is 1.40 bits per heavy atom. The van der Waals surface area contributed by atoms with E-state index in [2.05, 4.69) is 5.32 Å². The maximum Gasteiger partial charge on any atom is 0.326 e. The van der Waals surface area contributed by atoms with Crippen LogP contribution in [0.2, 0.25) is 10.0 Å². The number of aliphatic carboxylic acids is 1. The number of benzene rings is 1. The first-order chi connectivity index (χ1) is 9.43. The molecule has 0 saturated heterocycles. The quantitative estimate of drug-likeness (QED) is 0.810. The lowest BCUT2D eigenvalue weighted by molar-refractivity contribution is -0.142. The Labute approximate surface area is 126 Å². The number of carboxylic acid groups (broad SMARTS) is 1. The molecule has 5 nitrogen and oxygen atoms in total. The van der Waals surface area contributed by atoms with Gasteiger partial charge in [-0.3, -0.25) is 4.79 Å². The van der Waals surface area contributed by atoms with Crippen molar-refractivity contribution in [3.05, 3.63) is 28.2 Å². The molecule has 1 amide bonds. The van der Waals surface area contributed by atoms with E-state index in [1.54, 1.807) is 12.1 Å². The van der Waals surface area contributed by atoms with Gasteiger partial charge in [0.2, 0.25) is 0 Å². The van der Waals surface area contributed by atoms with Crippen LogP contribution < -0.4 is 10.1 Å². The molecular formula is C13H15Cl2NO4. The Hall–Kier alpha value is -1.46. The largest absolute Gasteiger partial charge is 0.482 e. The Kier molecular flexibility index (Phi) is 6.61. The number of ether oxygens (including phenoxy) is 1. The third-order valence-electron chi connectivity index (χ3n) is 2.46. The third-order valence-corrected chi connectivity index (χ3v) is 3.01. The number of amides is 1. The van der Waals surface area contributed by atoms with Gasteiger partial charge < -0.3 is 15.2 Å². The van der Waals surface area contributed by atoms with Crippen molar-refractivity contribution in [2.24, 2.45) is 0 Å². The highest BCUT2D eigenvalue weighted by Crippen LogP contribution is 2.27. The van der Waals surface area contributed by atoms with E-state index in [4.69, 9.17) is 33.0 Å². The molecule has 0 aliphatic heterocycles. The minimum Gasteiger partial charge on any atom is -0.482 e. The lowest BCUT2D eigenvalue weighted by atomic mass is 10.2. The van der Waals surface area contributed by atoms with Gasteiger partial charge in [-0.2, -0.15) is 0 Å². The molecule has 0 unspecified atom stereocenters. The summed E-state index contributed by atoms with van der Waals surface area (Å²) in [5.41, 5.74) is 0. The molecule has 0 heterocycles. The number of carbonyl (C=O) groups excluding carboxylic acids is 1. The number of halogens is 2. The highest BCUT2D eigenvalue weighted by molar-refractivity contribution is 6.34. The van der Waals surface area contributed by atoms with Crippen molar-refractivity contribution < 1.29 is 19.4 Å². The number of hydrogen-bond acceptors (Lipinski definition) is 3. The van der Waals surface area contributed by atoms with Gasteiger partial charge >= 0.3 is 5.97 Å². The fourth-order valence-electron chi connectivity index (χ4n) is 1.51. The van der Waals surface area contributed by atoms with Gasteiger partial charge in [-0.1, -0.05) is 36.5 Å². The normalized spacial score (nSPS) is 11.8. The van der Waals surface area contributed by atoms with Gasteiger partial charge in [0.1, 0.15) is 11.8 Å². The van der Waals surface area contributed by atoms with Gasteiger partial charge in [-0.25, -0.2) is 4.79 Å². The zero-order chi connectivity index (χ0) is 15.1. The van der Waals surface area contributed by atoms with Crippen molar-refractivity contribution in [1.29, 1.82) is 0 Å². The van der Waals surface area contributed by atoms with Gasteiger partial charge in [0, 0.05) is 11.1 Å². The molecule has 0 aliphatic carbocycles. The summed E-state index contributed by atoms with van der Waals surface area (Å²) >= 11 is 11.7. The Morgan fingerprint density at radius 2 is 2.10 bits per heavy atom. The van der Waals surface area contributed by atoms with Crippen molar-refractivity contribution in [1.82, 2.24) is 5.32 Å². The predicted molar refractivity (Wildman–Crippen MR) is 76.4 cm³/mol. The lowest BCUT2D eigenvalue weighted by Crippen LogP contribution is -2.42. The summed E-state index contributed by atoms with van der Waals surface area (Å²) in [4.78, 5) is 22.5. The van der Waals surface area contributed by atoms with Crippen molar-refractivity contribution >= 4 is 35.1 Å². The maximum atomic E-state index is 11.6. The zero-order valence-corrected chi connectivity index (χ0v) is 12.4. The molecular weight excluding hydrogens is 305 g/mol. The SMILES string of the molecule is CCC[C@H](NC(=O)COc1cc(Cl)ccc1Cl)C(=O)O. The second-order valence-corrected chi connectivity index (χ2v) is 4.95. The number of hydrogen-bond donors (Lipinski definition) is 2. The summed E-state index contributed by atoms with van der Waals surface area (Å²) in [6.07, 6.45) is 1.01. The van der Waals surface area contributed by atoms with Crippen LogP contribution in [0.4, 0.5) is 0 Å². The van der Waals surface area contributed by atoms with E-state index in [-0.39, 0.29) is 12.4 Å². The Morgan fingerprint density at radius 3 is 2.70 bits per heavy atom. The third kappa shape index (κ3) is 5.27. The van der Waals surface area contributed by atoms with E-state index in [9.17, 15) is 9.59 Å². The predicted octanol–water partition coefficient (Wildman–Crippen LogP) is 2.74. The fourth-order valence-corrected chi connectivity index (χ4v) is 1.85. The second-order valence-electron chi connectivity index (χ2n) is 4.11. The topological polar surface area (TPSA) is 75.6 Å². The van der Waals surface area contributed by atoms with E-state index in [0.717, 1.165) is 0 Å². The summed E-state index contributed by atoms with van der Waals surface area (Å²) in [5.74, 6) is -1.32. The van der Waals surface area contributed by atoms with Crippen LogP contribution in [0.5, 0.6) is 5.75 Å². The molecule has 1 aromatic rings. The van der Waals surface area contributed by atoms with Crippen LogP contribution in [0, 0.1) is 0 Å². The maximum absolute atomic E-state index is 11.6. The fraction of sp³-hybridized carbons (Fsp3) is 0.385. The minimum atomic E-state index is -1.07. The Balaban J connectivity index is 2.54. The number of nitrogens with one attached hydrogen (secondary N) is 1. The number of rotatable bonds is 7. The van der Waals surface area contributed by atoms with Crippen LogP contribution in [-0.2, 0) is 9.59 Å². The van der Waals surface area contributed by atoms with Crippen LogP contribution in [0.1, 0.15) is 19.8 Å². The highest BCUT2D eigenvalue weighted by Gasteiger charge is 2.19. The van der Waals surface area contributed by atoms with E-state index >= 15 is 0 Å². The molecule has 2 N–H and O–H groups in total. The zero-order valence-electron chi connectivity index (χ0n) is 10.9. The molecule has 7 heteroatoms. The van der Waals surface area contributed by atoms with E-state index in [1.165, 1.54) is 6.07 Å². The molecule has 20 heavy (non-hydrogen) atoms. The summed E-state index contributed by atoms with van der Waals surface area (Å²) in [6, 6.07) is 3.72. The van der Waals surface area contributed by atoms with Gasteiger partial charge in [-0.15, -0.1) is 0 Å². The van der Waals surface area contributed by atoms with Gasteiger partial charge in [0.15, 0.2) is 6.61 Å². The Bertz CT molecular complexity index is 493. The summed E-state index contributed by atoms with van der Waals surface area (Å²) in [7, 11) is 0. The summed E-state index contributed by atoms with van der Waals surface area (Å²) in [5, 5.41) is 12.1. The minimum absolute atomic E-state index is 0.275. The van der Waals surface area contributed by atoms with Crippen LogP contribution in [0.15, 0.2) is 18.2 Å². The molecule has 0 aliphatic rings. The van der Waals surface area contributed by atoms with Gasteiger partial charge in [0.05, 0.1) is 5.02 Å². The van der Waals surface area contributed by atoms with Gasteiger partial charge in [0.25, 0.3) is 5.91 Å². The molecule has 110 valence electrons. The second kappa shape index (κ2) is 7.97. The molecule has 1 aromatic carbocycles. The standard InChI is InChI=1S/C13H15Cl2NO4/c1-2-3-10(13(18)19)16-12(17)7-20-11-6-8(14)4-5-9(11)15/h4-6,10H,2-3,7H2,1H3,(H,16,17)(H,18,19)/t10-/m0/s1. The van der Waals surface area contributed by atoms with Crippen molar-refractivity contribution in [3.8, 4) is 5.75 Å². The number of carboxylic acids is 1. The molecule has 1 rings (SSSR count). The first kappa shape index (κ1) is 16.6. The first-order valence-corrected chi connectivity index (χ1v) is 6.79. The molecule has 0 aromatic heterocycles. The average molecular weight is 320 g/mol. The van der Waals surface area contributed by atoms with Crippen LogP contribution in [0.3, 0.4) is 0 Å². The van der Waals surface area contributed by atoms with Crippen LogP contribution in [-0.4, -0.2) is 29.6 Å². The van der Waals surface area contributed by atoms with Crippen molar-refractivity contribution in [2.75, 3.05) is 6.61 Å². The monoisotopic (exact) mass is 319 g/mol. The molecule has 1 atom stereocenters. The van der Waals surface area contributed by atoms with Crippen molar-refractivity contribution in [2.45, 2.75) is 25.8 Å². The molecule has 0 bridgehead atoms. The lowest BCUT2D eigenvalue weighted by Gasteiger charge is -2.14. The molecule has 0 spiro atoms. The first-order valence-electron chi connectivity index (χ1n) is 6.04. The number of carbonyl (C=O) groups is 2. The molecule has 0 fully saturated rings.